The molecule has 1 N–H and O–H groups in total. The second-order valence-corrected chi connectivity index (χ2v) is 5.00. The second kappa shape index (κ2) is 7.04. The van der Waals surface area contributed by atoms with E-state index in [1.165, 1.54) is 0 Å². The number of nitro benzene ring substituents is 1. The van der Waals surface area contributed by atoms with Gasteiger partial charge in [0.05, 0.1) is 4.92 Å². The van der Waals surface area contributed by atoms with Gasteiger partial charge >= 0.3 is 0 Å². The number of hydrogen-bond donors (Lipinski definition) is 1. The monoisotopic (exact) mass is 262 g/mol. The Balaban J connectivity index is 3.05. The van der Waals surface area contributed by atoms with Crippen LogP contribution < -0.4 is 5.32 Å². The van der Waals surface area contributed by atoms with Crippen LogP contribution in [0.5, 0.6) is 0 Å². The van der Waals surface area contributed by atoms with Crippen LogP contribution in [0.25, 0.3) is 6.08 Å². The van der Waals surface area contributed by atoms with Crippen LogP contribution in [0.3, 0.4) is 0 Å². The van der Waals surface area contributed by atoms with Crippen LogP contribution in [0.2, 0.25) is 0 Å². The third-order valence-corrected chi connectivity index (χ3v) is 2.94. The molecule has 0 aliphatic heterocycles. The van der Waals surface area contributed by atoms with Crippen molar-refractivity contribution in [1.29, 1.82) is 0 Å². The van der Waals surface area contributed by atoms with Gasteiger partial charge in [-0.05, 0) is 24.9 Å². The Labute approximate surface area is 114 Å². The molecule has 0 saturated carbocycles. The minimum absolute atomic E-state index is 0.154. The van der Waals surface area contributed by atoms with E-state index in [9.17, 15) is 10.1 Å². The topological polar surface area (TPSA) is 55.2 Å². The smallest absolute Gasteiger partial charge is 0.273 e. The third-order valence-electron chi connectivity index (χ3n) is 2.94. The van der Waals surface area contributed by atoms with Gasteiger partial charge in [0.2, 0.25) is 0 Å². The van der Waals surface area contributed by atoms with Gasteiger partial charge in [0.15, 0.2) is 0 Å². The first-order valence-corrected chi connectivity index (χ1v) is 6.62. The molecule has 0 atom stereocenters. The lowest BCUT2D eigenvalue weighted by Gasteiger charge is -2.08. The Morgan fingerprint density at radius 2 is 2.16 bits per heavy atom. The molecule has 1 rings (SSSR count). The van der Waals surface area contributed by atoms with E-state index in [2.05, 4.69) is 12.2 Å². The van der Waals surface area contributed by atoms with E-state index in [4.69, 9.17) is 0 Å². The van der Waals surface area contributed by atoms with Crippen molar-refractivity contribution in [2.75, 3.05) is 13.1 Å². The summed E-state index contributed by atoms with van der Waals surface area (Å²) in [5.74, 6) is 0.154. The number of benzene rings is 1. The van der Waals surface area contributed by atoms with Crippen molar-refractivity contribution in [3.63, 3.8) is 0 Å². The van der Waals surface area contributed by atoms with E-state index >= 15 is 0 Å². The van der Waals surface area contributed by atoms with Crippen LogP contribution in [-0.4, -0.2) is 18.0 Å². The van der Waals surface area contributed by atoms with Gasteiger partial charge in [0.25, 0.3) is 5.69 Å². The maximum absolute atomic E-state index is 11.1. The van der Waals surface area contributed by atoms with E-state index in [-0.39, 0.29) is 16.5 Å². The highest BCUT2D eigenvalue weighted by Gasteiger charge is 2.16. The zero-order chi connectivity index (χ0) is 14.4. The zero-order valence-electron chi connectivity index (χ0n) is 12.1. The maximum Gasteiger partial charge on any atom is 0.273 e. The summed E-state index contributed by atoms with van der Waals surface area (Å²) in [6.07, 6.45) is 1.99. The third kappa shape index (κ3) is 4.48. The maximum atomic E-state index is 11.1. The van der Waals surface area contributed by atoms with Crippen LogP contribution in [0.4, 0.5) is 5.69 Å². The summed E-state index contributed by atoms with van der Waals surface area (Å²) in [6.45, 7) is 9.72. The molecule has 0 heterocycles. The molecule has 0 spiro atoms. The molecule has 0 unspecified atom stereocenters. The number of hydrogen-bond acceptors (Lipinski definition) is 3. The van der Waals surface area contributed by atoms with Gasteiger partial charge in [-0.15, -0.1) is 0 Å². The molecule has 0 aliphatic rings. The predicted molar refractivity (Wildman–Crippen MR) is 79.4 cm³/mol. The van der Waals surface area contributed by atoms with Crippen molar-refractivity contribution in [2.24, 2.45) is 0 Å². The molecule has 4 heteroatoms. The quantitative estimate of drug-likeness (QED) is 0.627. The molecule has 104 valence electrons. The van der Waals surface area contributed by atoms with Crippen molar-refractivity contribution < 1.29 is 4.92 Å². The molecule has 0 bridgehead atoms. The largest absolute Gasteiger partial charge is 0.313 e. The number of nitro groups is 1. The number of rotatable bonds is 6. The fraction of sp³-hybridized carbons (Fsp3) is 0.467. The van der Waals surface area contributed by atoms with Gasteiger partial charge in [0, 0.05) is 18.2 Å². The highest BCUT2D eigenvalue weighted by atomic mass is 16.6. The van der Waals surface area contributed by atoms with E-state index in [0.29, 0.717) is 0 Å². The standard InChI is InChI=1S/C15H22N2O2/c1-5-16-10-12(4)8-13-6-7-14(11(2)3)15(9-13)17(18)19/h6-9,11,16H,5,10H2,1-4H3. The summed E-state index contributed by atoms with van der Waals surface area (Å²) in [5, 5.41) is 14.3. The van der Waals surface area contributed by atoms with E-state index in [1.807, 2.05) is 39.0 Å². The molecule has 4 nitrogen and oxygen atoms in total. The van der Waals surface area contributed by atoms with Crippen molar-refractivity contribution >= 4 is 11.8 Å². The van der Waals surface area contributed by atoms with Crippen molar-refractivity contribution in [1.82, 2.24) is 5.32 Å². The fourth-order valence-corrected chi connectivity index (χ4v) is 1.95. The van der Waals surface area contributed by atoms with E-state index in [0.717, 1.165) is 29.8 Å². The highest BCUT2D eigenvalue weighted by molar-refractivity contribution is 5.58. The van der Waals surface area contributed by atoms with Gasteiger partial charge in [-0.2, -0.15) is 0 Å². The average Bonchev–Trinajstić information content (AvgIpc) is 2.35. The Morgan fingerprint density at radius 1 is 1.47 bits per heavy atom. The summed E-state index contributed by atoms with van der Waals surface area (Å²) in [6, 6.07) is 5.46. The summed E-state index contributed by atoms with van der Waals surface area (Å²) in [7, 11) is 0. The van der Waals surface area contributed by atoms with Gasteiger partial charge in [-0.3, -0.25) is 10.1 Å². The zero-order valence-corrected chi connectivity index (χ0v) is 12.1. The first-order chi connectivity index (χ1) is 8.95. The molecule has 0 amide bonds. The Morgan fingerprint density at radius 3 is 2.68 bits per heavy atom. The van der Waals surface area contributed by atoms with Gasteiger partial charge in [-0.1, -0.05) is 44.6 Å². The summed E-state index contributed by atoms with van der Waals surface area (Å²) in [4.78, 5) is 10.8. The normalized spacial score (nSPS) is 11.9. The molecule has 0 aromatic heterocycles. The average molecular weight is 262 g/mol. The van der Waals surface area contributed by atoms with Gasteiger partial charge in [-0.25, -0.2) is 0 Å². The SMILES string of the molecule is CCNCC(C)=Cc1ccc(C(C)C)c([N+](=O)[O-])c1. The minimum atomic E-state index is -0.299. The van der Waals surface area contributed by atoms with Crippen LogP contribution in [0.15, 0.2) is 23.8 Å². The van der Waals surface area contributed by atoms with Crippen molar-refractivity contribution in [3.05, 3.63) is 45.0 Å². The van der Waals surface area contributed by atoms with Gasteiger partial charge < -0.3 is 5.32 Å². The number of likely N-dealkylation sites (N-methyl/N-ethyl adjacent to an activating group) is 1. The summed E-state index contributed by atoms with van der Waals surface area (Å²) in [5.41, 5.74) is 3.03. The lowest BCUT2D eigenvalue weighted by Crippen LogP contribution is -2.14. The Kier molecular flexibility index (Phi) is 5.70. The van der Waals surface area contributed by atoms with E-state index < -0.39 is 0 Å². The Bertz CT molecular complexity index is 479. The molecule has 1 aromatic rings. The fourth-order valence-electron chi connectivity index (χ4n) is 1.95. The molecular formula is C15H22N2O2. The summed E-state index contributed by atoms with van der Waals surface area (Å²) < 4.78 is 0. The second-order valence-electron chi connectivity index (χ2n) is 5.00. The van der Waals surface area contributed by atoms with Crippen molar-refractivity contribution in [3.8, 4) is 0 Å². The molecule has 0 fully saturated rings. The van der Waals surface area contributed by atoms with Crippen LogP contribution in [0, 0.1) is 10.1 Å². The predicted octanol–water partition coefficient (Wildman–Crippen LogP) is 3.73. The first kappa shape index (κ1) is 15.4. The molecule has 19 heavy (non-hydrogen) atoms. The molecular weight excluding hydrogens is 240 g/mol. The molecule has 0 radical (unpaired) electrons. The van der Waals surface area contributed by atoms with Crippen LogP contribution >= 0.6 is 0 Å². The highest BCUT2D eigenvalue weighted by Crippen LogP contribution is 2.27. The molecule has 1 aromatic carbocycles. The van der Waals surface area contributed by atoms with Gasteiger partial charge in [0.1, 0.15) is 0 Å². The van der Waals surface area contributed by atoms with Crippen LogP contribution in [-0.2, 0) is 0 Å². The van der Waals surface area contributed by atoms with E-state index in [1.54, 1.807) is 6.07 Å². The summed E-state index contributed by atoms with van der Waals surface area (Å²) >= 11 is 0. The lowest BCUT2D eigenvalue weighted by atomic mass is 9.98. The Hall–Kier alpha value is -1.68. The lowest BCUT2D eigenvalue weighted by molar-refractivity contribution is -0.385. The van der Waals surface area contributed by atoms with Crippen molar-refractivity contribution in [2.45, 2.75) is 33.6 Å². The molecule has 0 aliphatic carbocycles. The first-order valence-electron chi connectivity index (χ1n) is 6.62. The number of nitrogens with zero attached hydrogens (tertiary/aromatic N) is 1. The number of nitrogens with one attached hydrogen (secondary N) is 1. The minimum Gasteiger partial charge on any atom is -0.313 e. The molecule has 0 saturated heterocycles. The van der Waals surface area contributed by atoms with Crippen LogP contribution in [0.1, 0.15) is 44.7 Å².